The van der Waals surface area contributed by atoms with Gasteiger partial charge >= 0.3 is 5.97 Å². The first-order valence-corrected chi connectivity index (χ1v) is 12.0. The van der Waals surface area contributed by atoms with Gasteiger partial charge in [-0.3, -0.25) is 0 Å². The number of ether oxygens (including phenoxy) is 4. The molecule has 37 heavy (non-hydrogen) atoms. The van der Waals surface area contributed by atoms with Gasteiger partial charge < -0.3 is 29.2 Å². The van der Waals surface area contributed by atoms with Crippen LogP contribution >= 0.6 is 0 Å². The molecule has 3 aromatic rings. The second-order valence-electron chi connectivity index (χ2n) is 9.62. The van der Waals surface area contributed by atoms with Crippen LogP contribution < -0.4 is 9.47 Å². The van der Waals surface area contributed by atoms with Crippen molar-refractivity contribution in [2.75, 3.05) is 26.9 Å². The fourth-order valence-electron chi connectivity index (χ4n) is 3.53. The normalized spacial score (nSPS) is 13.2. The highest BCUT2D eigenvalue weighted by molar-refractivity contribution is 5.81. The first-order chi connectivity index (χ1) is 17.5. The molecular formula is C27H35N3O7. The maximum atomic E-state index is 11.2. The summed E-state index contributed by atoms with van der Waals surface area (Å²) in [5.41, 5.74) is 2.03. The van der Waals surface area contributed by atoms with Gasteiger partial charge in [-0.1, -0.05) is 27.4 Å². The molecule has 0 amide bonds. The summed E-state index contributed by atoms with van der Waals surface area (Å²) in [5.74, 6) is 0.705. The van der Waals surface area contributed by atoms with Crippen LogP contribution in [0.3, 0.4) is 0 Å². The van der Waals surface area contributed by atoms with E-state index in [-0.39, 0.29) is 17.8 Å². The number of carbonyl (C=O) groups excluding carboxylic acids is 1. The summed E-state index contributed by atoms with van der Waals surface area (Å²) in [7, 11) is 1.59. The molecule has 2 unspecified atom stereocenters. The molecule has 0 saturated heterocycles. The Labute approximate surface area is 216 Å². The highest BCUT2D eigenvalue weighted by Crippen LogP contribution is 2.38. The van der Waals surface area contributed by atoms with Gasteiger partial charge in [0, 0.05) is 36.8 Å². The molecule has 10 nitrogen and oxygen atoms in total. The predicted octanol–water partition coefficient (Wildman–Crippen LogP) is 3.70. The largest absolute Gasteiger partial charge is 0.505 e. The summed E-state index contributed by atoms with van der Waals surface area (Å²) in [6.07, 6.45) is -0.0564. The number of esters is 1. The van der Waals surface area contributed by atoms with Crippen molar-refractivity contribution in [1.82, 2.24) is 15.0 Å². The molecule has 0 bridgehead atoms. The van der Waals surface area contributed by atoms with Gasteiger partial charge in [0.15, 0.2) is 0 Å². The number of aliphatic hydroxyl groups is 1. The van der Waals surface area contributed by atoms with Crippen molar-refractivity contribution >= 4 is 17.0 Å². The minimum Gasteiger partial charge on any atom is -0.505 e. The number of carbonyl (C=O) groups is 1. The molecule has 1 heterocycles. The zero-order valence-electron chi connectivity index (χ0n) is 21.9. The highest BCUT2D eigenvalue weighted by Gasteiger charge is 2.24. The molecule has 0 aliphatic heterocycles. The number of fused-ring (bicyclic) bond motifs is 1. The summed E-state index contributed by atoms with van der Waals surface area (Å²) in [4.78, 5) is 12.6. The molecule has 2 atom stereocenters. The fraction of sp³-hybridized carbons (Fsp3) is 0.444. The molecule has 3 rings (SSSR count). The maximum Gasteiger partial charge on any atom is 0.330 e. The maximum absolute atomic E-state index is 11.2. The van der Waals surface area contributed by atoms with Gasteiger partial charge in [0.2, 0.25) is 0 Å². The lowest BCUT2D eigenvalue weighted by atomic mass is 9.86. The third-order valence-electron chi connectivity index (χ3n) is 5.68. The molecule has 10 heteroatoms. The number of phenols is 1. The van der Waals surface area contributed by atoms with Gasteiger partial charge in [-0.2, -0.15) is 0 Å². The Bertz CT molecular complexity index is 1230. The van der Waals surface area contributed by atoms with Crippen LogP contribution in [-0.4, -0.2) is 70.3 Å². The van der Waals surface area contributed by atoms with Gasteiger partial charge in [-0.15, -0.1) is 15.0 Å². The summed E-state index contributed by atoms with van der Waals surface area (Å²) in [6, 6.07) is 8.89. The molecule has 0 fully saturated rings. The number of hydrogen-bond acceptors (Lipinski definition) is 9. The number of phenolic OH excluding ortho intramolecular Hbond substituents is 1. The van der Waals surface area contributed by atoms with Crippen LogP contribution in [0.15, 0.2) is 43.0 Å². The molecule has 2 N–H and O–H groups in total. The quantitative estimate of drug-likeness (QED) is 0.212. The van der Waals surface area contributed by atoms with Crippen molar-refractivity contribution in [2.45, 2.75) is 51.7 Å². The number of aromatic nitrogens is 3. The van der Waals surface area contributed by atoms with Crippen LogP contribution in [0.2, 0.25) is 0 Å². The number of methoxy groups -OCH3 is 1. The van der Waals surface area contributed by atoms with E-state index in [4.69, 9.17) is 18.9 Å². The highest BCUT2D eigenvalue weighted by atomic mass is 16.6. The molecule has 200 valence electrons. The lowest BCUT2D eigenvalue weighted by Crippen LogP contribution is -2.32. The third kappa shape index (κ3) is 7.21. The van der Waals surface area contributed by atoms with Gasteiger partial charge in [0.05, 0.1) is 20.3 Å². The SMILES string of the molecule is C=CC(=O)OC(C)C(O)COCCCOc1cc(-n2nc3ccc(OC)cc3n2)c(O)c(C(C)(C)C)c1. The number of aliphatic hydroxyl groups excluding tert-OH is 1. The van der Waals surface area contributed by atoms with Crippen LogP contribution in [0.5, 0.6) is 17.2 Å². The lowest BCUT2D eigenvalue weighted by Gasteiger charge is -2.23. The Kier molecular flexibility index (Phi) is 9.12. The second kappa shape index (κ2) is 12.1. The van der Waals surface area contributed by atoms with E-state index in [0.717, 1.165) is 6.08 Å². The average molecular weight is 514 g/mol. The van der Waals surface area contributed by atoms with E-state index in [1.807, 2.05) is 26.8 Å². The molecule has 1 aromatic heterocycles. The summed E-state index contributed by atoms with van der Waals surface area (Å²) >= 11 is 0. The summed E-state index contributed by atoms with van der Waals surface area (Å²) in [6.45, 7) is 11.6. The molecule has 0 spiro atoms. The number of rotatable bonds is 12. The Balaban J connectivity index is 1.67. The van der Waals surface area contributed by atoms with Gasteiger partial charge in [-0.25, -0.2) is 4.79 Å². The van der Waals surface area contributed by atoms with E-state index in [0.29, 0.717) is 53.4 Å². The first-order valence-electron chi connectivity index (χ1n) is 12.0. The number of benzene rings is 2. The van der Waals surface area contributed by atoms with Crippen LogP contribution in [0.25, 0.3) is 16.7 Å². The summed E-state index contributed by atoms with van der Waals surface area (Å²) < 4.78 is 21.7. The Morgan fingerprint density at radius 3 is 2.54 bits per heavy atom. The van der Waals surface area contributed by atoms with E-state index in [1.165, 1.54) is 4.80 Å². The molecule has 0 aliphatic carbocycles. The Morgan fingerprint density at radius 2 is 1.86 bits per heavy atom. The first kappa shape index (κ1) is 27.9. The Morgan fingerprint density at radius 1 is 1.14 bits per heavy atom. The van der Waals surface area contributed by atoms with Crippen LogP contribution in [-0.2, 0) is 19.7 Å². The molecule has 2 aromatic carbocycles. The molecular weight excluding hydrogens is 478 g/mol. The van der Waals surface area contributed by atoms with Crippen molar-refractivity contribution in [1.29, 1.82) is 0 Å². The smallest absolute Gasteiger partial charge is 0.330 e. The fourth-order valence-corrected chi connectivity index (χ4v) is 3.53. The zero-order chi connectivity index (χ0) is 27.2. The summed E-state index contributed by atoms with van der Waals surface area (Å²) in [5, 5.41) is 30.1. The van der Waals surface area contributed by atoms with Crippen molar-refractivity contribution in [2.24, 2.45) is 0 Å². The van der Waals surface area contributed by atoms with E-state index in [9.17, 15) is 15.0 Å². The van der Waals surface area contributed by atoms with Crippen molar-refractivity contribution in [3.8, 4) is 22.9 Å². The van der Waals surface area contributed by atoms with E-state index < -0.39 is 18.2 Å². The monoisotopic (exact) mass is 513 g/mol. The van der Waals surface area contributed by atoms with E-state index in [1.54, 1.807) is 38.3 Å². The van der Waals surface area contributed by atoms with Gasteiger partial charge in [0.1, 0.15) is 46.2 Å². The predicted molar refractivity (Wildman–Crippen MR) is 138 cm³/mol. The van der Waals surface area contributed by atoms with E-state index >= 15 is 0 Å². The lowest BCUT2D eigenvalue weighted by molar-refractivity contribution is -0.149. The molecule has 0 radical (unpaired) electrons. The number of hydrogen-bond donors (Lipinski definition) is 2. The zero-order valence-corrected chi connectivity index (χ0v) is 21.9. The topological polar surface area (TPSA) is 125 Å². The van der Waals surface area contributed by atoms with Crippen LogP contribution in [0, 0.1) is 0 Å². The van der Waals surface area contributed by atoms with Crippen molar-refractivity contribution < 1.29 is 34.0 Å². The van der Waals surface area contributed by atoms with Crippen molar-refractivity contribution in [3.63, 3.8) is 0 Å². The molecule has 0 saturated carbocycles. The average Bonchev–Trinajstić information content (AvgIpc) is 3.28. The Hall–Kier alpha value is -3.63. The third-order valence-corrected chi connectivity index (χ3v) is 5.68. The second-order valence-corrected chi connectivity index (χ2v) is 9.62. The van der Waals surface area contributed by atoms with Crippen LogP contribution in [0.1, 0.15) is 39.7 Å². The number of aromatic hydroxyl groups is 1. The van der Waals surface area contributed by atoms with Gasteiger partial charge in [-0.05, 0) is 30.5 Å². The molecule has 0 aliphatic rings. The number of nitrogens with zero attached hydrogens (tertiary/aromatic N) is 3. The van der Waals surface area contributed by atoms with Crippen LogP contribution in [0.4, 0.5) is 0 Å². The minimum absolute atomic E-state index is 0.0203. The van der Waals surface area contributed by atoms with Crippen molar-refractivity contribution in [3.05, 3.63) is 48.6 Å². The van der Waals surface area contributed by atoms with Gasteiger partial charge in [0.25, 0.3) is 0 Å². The van der Waals surface area contributed by atoms with E-state index in [2.05, 4.69) is 16.8 Å². The minimum atomic E-state index is -0.948. The standard InChI is InChI=1S/C27H35N3O7/c1-7-25(32)37-17(2)24(31)16-35-11-8-12-36-19-13-20(27(3,4)5)26(33)23(15-19)30-28-21-10-9-18(34-6)14-22(21)29-30/h7,9-10,13-15,17,24,31,33H,1,8,11-12,16H2,2-6H3.